The number of aliphatic imine (C=N–C) groups is 1. The summed E-state index contributed by atoms with van der Waals surface area (Å²) in [5, 5.41) is 3.13. The molecule has 0 aliphatic carbocycles. The van der Waals surface area contributed by atoms with E-state index in [1.165, 1.54) is 16.7 Å². The molecular weight excluding hydrogens is 306 g/mol. The quantitative estimate of drug-likeness (QED) is 0.864. The topological polar surface area (TPSA) is 61.8 Å². The molecule has 5 nitrogen and oxygen atoms in total. The fourth-order valence-electron chi connectivity index (χ4n) is 2.02. The summed E-state index contributed by atoms with van der Waals surface area (Å²) < 4.78 is 0. The van der Waals surface area contributed by atoms with E-state index in [9.17, 15) is 9.59 Å². The lowest BCUT2D eigenvalue weighted by atomic mass is 10.2. The van der Waals surface area contributed by atoms with Gasteiger partial charge >= 0.3 is 0 Å². The van der Waals surface area contributed by atoms with Crippen LogP contribution in [0.25, 0.3) is 0 Å². The van der Waals surface area contributed by atoms with E-state index in [1.807, 2.05) is 30.5 Å². The molecule has 2 rings (SSSR count). The van der Waals surface area contributed by atoms with Crippen molar-refractivity contribution in [2.45, 2.75) is 16.6 Å². The van der Waals surface area contributed by atoms with Crippen LogP contribution in [-0.2, 0) is 9.59 Å². The number of amidine groups is 1. The fourth-order valence-corrected chi connectivity index (χ4v) is 3.67. The van der Waals surface area contributed by atoms with Gasteiger partial charge in [0.25, 0.3) is 0 Å². The number of carbonyl (C=O) groups excluding carboxylic acids is 2. The minimum absolute atomic E-state index is 0.0751. The average Bonchev–Trinajstić information content (AvgIpc) is 2.75. The van der Waals surface area contributed by atoms with Gasteiger partial charge in [0.05, 0.1) is 5.69 Å². The van der Waals surface area contributed by atoms with Gasteiger partial charge in [0.1, 0.15) is 5.25 Å². The van der Waals surface area contributed by atoms with E-state index in [0.29, 0.717) is 5.17 Å². The molecule has 1 aromatic carbocycles. The molecule has 112 valence electrons. The minimum atomic E-state index is -0.393. The zero-order valence-electron chi connectivity index (χ0n) is 12.1. The number of hydrogen-bond acceptors (Lipinski definition) is 5. The summed E-state index contributed by atoms with van der Waals surface area (Å²) in [6, 6.07) is 7.61. The summed E-state index contributed by atoms with van der Waals surface area (Å²) in [7, 11) is 3.32. The molecule has 21 heavy (non-hydrogen) atoms. The third kappa shape index (κ3) is 3.59. The lowest BCUT2D eigenvalue weighted by Crippen LogP contribution is -2.30. The van der Waals surface area contributed by atoms with Crippen molar-refractivity contribution < 1.29 is 9.59 Å². The molecule has 0 radical (unpaired) electrons. The fraction of sp³-hybridized carbons (Fsp3) is 0.357. The molecular formula is C14H17N3O2S2. The van der Waals surface area contributed by atoms with Crippen molar-refractivity contribution in [3.8, 4) is 0 Å². The minimum Gasteiger partial charge on any atom is -0.325 e. The van der Waals surface area contributed by atoms with E-state index < -0.39 is 5.25 Å². The van der Waals surface area contributed by atoms with Gasteiger partial charge in [0.2, 0.25) is 11.8 Å². The number of hydrogen-bond donors (Lipinski definition) is 1. The van der Waals surface area contributed by atoms with Gasteiger partial charge < -0.3 is 5.32 Å². The molecule has 1 heterocycles. The van der Waals surface area contributed by atoms with Gasteiger partial charge in [-0.3, -0.25) is 19.5 Å². The van der Waals surface area contributed by atoms with Crippen LogP contribution in [0.1, 0.15) is 6.42 Å². The number of rotatable bonds is 4. The third-order valence-electron chi connectivity index (χ3n) is 3.08. The maximum Gasteiger partial charge on any atom is 0.242 e. The first-order valence-electron chi connectivity index (χ1n) is 6.40. The van der Waals surface area contributed by atoms with Crippen molar-refractivity contribution in [3.05, 3.63) is 24.3 Å². The predicted molar refractivity (Wildman–Crippen MR) is 89.0 cm³/mol. The number of carbonyl (C=O) groups is 2. The van der Waals surface area contributed by atoms with Gasteiger partial charge in [-0.25, -0.2) is 0 Å². The van der Waals surface area contributed by atoms with Crippen LogP contribution in [0, 0.1) is 0 Å². The van der Waals surface area contributed by atoms with Crippen LogP contribution in [0.2, 0.25) is 0 Å². The number of nitrogens with zero attached hydrogens (tertiary/aromatic N) is 2. The van der Waals surface area contributed by atoms with Crippen molar-refractivity contribution in [2.24, 2.45) is 4.99 Å². The van der Waals surface area contributed by atoms with Crippen molar-refractivity contribution in [2.75, 3.05) is 25.7 Å². The highest BCUT2D eigenvalue weighted by Crippen LogP contribution is 2.29. The number of thioether (sulfide) groups is 2. The largest absolute Gasteiger partial charge is 0.325 e. The third-order valence-corrected chi connectivity index (χ3v) is 5.20. The first-order chi connectivity index (χ1) is 10.1. The first kappa shape index (κ1) is 15.9. The lowest BCUT2D eigenvalue weighted by Gasteiger charge is -2.11. The van der Waals surface area contributed by atoms with E-state index >= 15 is 0 Å². The summed E-state index contributed by atoms with van der Waals surface area (Å²) in [5.74, 6) is -0.234. The Bertz CT molecular complexity index is 589. The first-order valence-corrected chi connectivity index (χ1v) is 8.51. The second kappa shape index (κ2) is 7.00. The molecule has 1 atom stereocenters. The number of anilines is 1. The Labute approximate surface area is 132 Å². The van der Waals surface area contributed by atoms with E-state index in [2.05, 4.69) is 10.3 Å². The Morgan fingerprint density at radius 2 is 2.19 bits per heavy atom. The van der Waals surface area contributed by atoms with Crippen molar-refractivity contribution in [1.29, 1.82) is 0 Å². The molecule has 1 aliphatic heterocycles. The van der Waals surface area contributed by atoms with Gasteiger partial charge in [0, 0.05) is 25.4 Å². The smallest absolute Gasteiger partial charge is 0.242 e. The Hall–Kier alpha value is -1.47. The van der Waals surface area contributed by atoms with Crippen LogP contribution >= 0.6 is 23.5 Å². The number of para-hydroxylation sites is 1. The molecule has 1 saturated heterocycles. The molecule has 2 amide bonds. The lowest BCUT2D eigenvalue weighted by molar-refractivity contribution is -0.127. The van der Waals surface area contributed by atoms with Gasteiger partial charge in [-0.2, -0.15) is 0 Å². The highest BCUT2D eigenvalue weighted by molar-refractivity contribution is 8.15. The van der Waals surface area contributed by atoms with Crippen molar-refractivity contribution in [1.82, 2.24) is 4.90 Å². The number of benzene rings is 1. The number of amides is 2. The van der Waals surface area contributed by atoms with Crippen LogP contribution < -0.4 is 5.32 Å². The van der Waals surface area contributed by atoms with Gasteiger partial charge in [-0.15, -0.1) is 11.8 Å². The Morgan fingerprint density at radius 3 is 2.81 bits per heavy atom. The zero-order chi connectivity index (χ0) is 15.4. The van der Waals surface area contributed by atoms with Crippen LogP contribution in [0.15, 0.2) is 34.2 Å². The molecule has 0 spiro atoms. The van der Waals surface area contributed by atoms with Crippen LogP contribution in [0.5, 0.6) is 0 Å². The molecule has 0 saturated carbocycles. The summed E-state index contributed by atoms with van der Waals surface area (Å²) in [6.07, 6.45) is 2.11. The van der Waals surface area contributed by atoms with Crippen LogP contribution in [0.4, 0.5) is 5.69 Å². The Morgan fingerprint density at radius 1 is 1.48 bits per heavy atom. The van der Waals surface area contributed by atoms with Gasteiger partial charge in [-0.1, -0.05) is 23.9 Å². The molecule has 1 aromatic rings. The average molecular weight is 323 g/mol. The highest BCUT2D eigenvalue weighted by Gasteiger charge is 2.36. The SMILES string of the molecule is CN=C1S[C@H](CC(=O)Nc2ccccc2SC)C(=O)N1C. The molecule has 1 N–H and O–H groups in total. The van der Waals surface area contributed by atoms with Gasteiger partial charge in [0.15, 0.2) is 5.17 Å². The predicted octanol–water partition coefficient (Wildman–Crippen LogP) is 2.30. The molecule has 0 unspecified atom stereocenters. The Kier molecular flexibility index (Phi) is 5.30. The second-order valence-corrected chi connectivity index (χ2v) is 6.48. The monoisotopic (exact) mass is 323 g/mol. The van der Waals surface area contributed by atoms with Crippen molar-refractivity contribution >= 4 is 46.2 Å². The van der Waals surface area contributed by atoms with Gasteiger partial charge in [-0.05, 0) is 18.4 Å². The molecule has 7 heteroatoms. The maximum atomic E-state index is 12.1. The standard InChI is InChI=1S/C14H17N3O2S2/c1-15-14-17(2)13(19)11(21-14)8-12(18)16-9-6-4-5-7-10(9)20-3/h4-7,11H,8H2,1-3H3,(H,16,18)/t11-/m1/s1. The summed E-state index contributed by atoms with van der Waals surface area (Å²) >= 11 is 2.91. The molecule has 0 bridgehead atoms. The van der Waals surface area contributed by atoms with E-state index in [1.54, 1.807) is 25.9 Å². The van der Waals surface area contributed by atoms with E-state index in [4.69, 9.17) is 0 Å². The van der Waals surface area contributed by atoms with E-state index in [-0.39, 0.29) is 18.2 Å². The van der Waals surface area contributed by atoms with Crippen LogP contribution in [-0.4, -0.2) is 47.5 Å². The van der Waals surface area contributed by atoms with Crippen LogP contribution in [0.3, 0.4) is 0 Å². The summed E-state index contributed by atoms with van der Waals surface area (Å²) in [4.78, 5) is 30.7. The highest BCUT2D eigenvalue weighted by atomic mass is 32.2. The Balaban J connectivity index is 2.01. The molecule has 1 aliphatic rings. The zero-order valence-corrected chi connectivity index (χ0v) is 13.8. The number of nitrogens with one attached hydrogen (secondary N) is 1. The normalized spacial score (nSPS) is 20.1. The van der Waals surface area contributed by atoms with E-state index in [0.717, 1.165) is 10.6 Å². The molecule has 1 fully saturated rings. The van der Waals surface area contributed by atoms with Crippen molar-refractivity contribution in [3.63, 3.8) is 0 Å². The second-order valence-electron chi connectivity index (χ2n) is 4.46. The molecule has 0 aromatic heterocycles. The maximum absolute atomic E-state index is 12.1. The summed E-state index contributed by atoms with van der Waals surface area (Å²) in [6.45, 7) is 0. The summed E-state index contributed by atoms with van der Waals surface area (Å²) in [5.41, 5.74) is 0.781.